The maximum atomic E-state index is 5.28. The fourth-order valence-corrected chi connectivity index (χ4v) is 1.58. The smallest absolute Gasteiger partial charge is 0.174 e. The fourth-order valence-electron chi connectivity index (χ4n) is 1.23. The van der Waals surface area contributed by atoms with E-state index in [1.807, 2.05) is 30.9 Å². The fraction of sp³-hybridized carbons (Fsp3) is 0.818. The summed E-state index contributed by atoms with van der Waals surface area (Å²) in [6.45, 7) is 8.40. The molecule has 1 N–H and O–H groups in total. The number of likely N-dealkylation sites (N-methyl/N-ethyl adjacent to an activating group) is 2. The van der Waals surface area contributed by atoms with Crippen LogP contribution in [0.5, 0.6) is 0 Å². The van der Waals surface area contributed by atoms with Crippen molar-refractivity contribution in [1.82, 2.24) is 20.0 Å². The van der Waals surface area contributed by atoms with E-state index in [-0.39, 0.29) is 0 Å². The Morgan fingerprint density at radius 2 is 1.47 bits per heavy atom. The van der Waals surface area contributed by atoms with Crippen molar-refractivity contribution in [3.05, 3.63) is 0 Å². The van der Waals surface area contributed by atoms with Crippen molar-refractivity contribution in [3.63, 3.8) is 0 Å². The van der Waals surface area contributed by atoms with Crippen LogP contribution in [0.2, 0.25) is 0 Å². The van der Waals surface area contributed by atoms with Gasteiger partial charge in [-0.15, -0.1) is 0 Å². The Bertz CT molecular complexity index is 252. The highest BCUT2D eigenvalue weighted by atomic mass is 32.1. The van der Waals surface area contributed by atoms with E-state index in [0.29, 0.717) is 10.2 Å². The monoisotopic (exact) mass is 276 g/mol. The third-order valence-electron chi connectivity index (χ3n) is 2.61. The molecule has 0 saturated carbocycles. The molecular formula is C11H24N4S2. The maximum absolute atomic E-state index is 5.28. The Labute approximate surface area is 116 Å². The first-order valence-corrected chi connectivity index (χ1v) is 6.69. The summed E-state index contributed by atoms with van der Waals surface area (Å²) in [5.41, 5.74) is 0. The molecule has 17 heavy (non-hydrogen) atoms. The van der Waals surface area contributed by atoms with Crippen LogP contribution in [0.1, 0.15) is 13.8 Å². The lowest BCUT2D eigenvalue weighted by molar-refractivity contribution is 0.280. The van der Waals surface area contributed by atoms with Crippen molar-refractivity contribution >= 4 is 34.7 Å². The van der Waals surface area contributed by atoms with E-state index in [4.69, 9.17) is 24.4 Å². The highest BCUT2D eigenvalue weighted by molar-refractivity contribution is 7.81. The SMILES string of the molecule is CCN(CC)CCN(C)C(=S)NC(=S)N(C)C. The molecule has 4 nitrogen and oxygen atoms in total. The van der Waals surface area contributed by atoms with Gasteiger partial charge in [-0.1, -0.05) is 13.8 Å². The van der Waals surface area contributed by atoms with Crippen LogP contribution in [-0.4, -0.2) is 72.2 Å². The molecular weight excluding hydrogens is 252 g/mol. The molecule has 0 aromatic rings. The molecule has 0 saturated heterocycles. The summed E-state index contributed by atoms with van der Waals surface area (Å²) in [5, 5.41) is 4.36. The van der Waals surface area contributed by atoms with Crippen molar-refractivity contribution in [2.24, 2.45) is 0 Å². The van der Waals surface area contributed by atoms with E-state index in [2.05, 4.69) is 24.1 Å². The molecule has 0 unspecified atom stereocenters. The van der Waals surface area contributed by atoms with E-state index in [1.165, 1.54) is 0 Å². The van der Waals surface area contributed by atoms with Crippen molar-refractivity contribution in [1.29, 1.82) is 0 Å². The summed E-state index contributed by atoms with van der Waals surface area (Å²) in [6.07, 6.45) is 0. The number of nitrogens with zero attached hydrogens (tertiary/aromatic N) is 3. The summed E-state index contributed by atoms with van der Waals surface area (Å²) in [7, 11) is 5.78. The van der Waals surface area contributed by atoms with E-state index in [1.54, 1.807) is 0 Å². The minimum absolute atomic E-state index is 0.643. The van der Waals surface area contributed by atoms with Crippen LogP contribution in [0.3, 0.4) is 0 Å². The normalized spacial score (nSPS) is 10.2. The highest BCUT2D eigenvalue weighted by Gasteiger charge is 2.08. The Morgan fingerprint density at radius 1 is 0.941 bits per heavy atom. The second-order valence-corrected chi connectivity index (χ2v) is 4.85. The zero-order chi connectivity index (χ0) is 13.4. The Morgan fingerprint density at radius 3 is 1.88 bits per heavy atom. The van der Waals surface area contributed by atoms with Gasteiger partial charge in [0.1, 0.15) is 0 Å². The van der Waals surface area contributed by atoms with Gasteiger partial charge in [-0.3, -0.25) is 0 Å². The number of hydrogen-bond donors (Lipinski definition) is 1. The second-order valence-electron chi connectivity index (χ2n) is 4.08. The number of rotatable bonds is 5. The van der Waals surface area contributed by atoms with Crippen LogP contribution in [0, 0.1) is 0 Å². The van der Waals surface area contributed by atoms with Crippen LogP contribution in [0.4, 0.5) is 0 Å². The van der Waals surface area contributed by atoms with Gasteiger partial charge in [0.25, 0.3) is 0 Å². The lowest BCUT2D eigenvalue weighted by atomic mass is 10.4. The lowest BCUT2D eigenvalue weighted by Gasteiger charge is -2.26. The van der Waals surface area contributed by atoms with Gasteiger partial charge in [0.2, 0.25) is 0 Å². The highest BCUT2D eigenvalue weighted by Crippen LogP contribution is 1.91. The van der Waals surface area contributed by atoms with Gasteiger partial charge in [-0.2, -0.15) is 0 Å². The molecule has 0 aromatic carbocycles. The van der Waals surface area contributed by atoms with E-state index in [0.717, 1.165) is 26.2 Å². The molecule has 0 bridgehead atoms. The molecule has 0 heterocycles. The molecule has 0 fully saturated rings. The molecule has 0 radical (unpaired) electrons. The van der Waals surface area contributed by atoms with Gasteiger partial charge in [0, 0.05) is 34.2 Å². The minimum atomic E-state index is 0.643. The van der Waals surface area contributed by atoms with Crippen LogP contribution in [0.15, 0.2) is 0 Å². The quantitative estimate of drug-likeness (QED) is 0.751. The average molecular weight is 276 g/mol. The Kier molecular flexibility index (Phi) is 8.37. The van der Waals surface area contributed by atoms with Gasteiger partial charge >= 0.3 is 0 Å². The topological polar surface area (TPSA) is 21.8 Å². The largest absolute Gasteiger partial charge is 0.355 e. The minimum Gasteiger partial charge on any atom is -0.355 e. The summed E-state index contributed by atoms with van der Waals surface area (Å²) in [5.74, 6) is 0. The molecule has 0 amide bonds. The van der Waals surface area contributed by atoms with Gasteiger partial charge < -0.3 is 20.0 Å². The molecule has 6 heteroatoms. The molecule has 0 aliphatic rings. The van der Waals surface area contributed by atoms with E-state index >= 15 is 0 Å². The number of thiocarbonyl (C=S) groups is 2. The van der Waals surface area contributed by atoms with Gasteiger partial charge in [-0.05, 0) is 37.5 Å². The Balaban J connectivity index is 4.01. The summed E-state index contributed by atoms with van der Waals surface area (Å²) in [4.78, 5) is 6.21. The predicted octanol–water partition coefficient (Wildman–Crippen LogP) is 0.981. The van der Waals surface area contributed by atoms with Gasteiger partial charge in [-0.25, -0.2) is 0 Å². The lowest BCUT2D eigenvalue weighted by Crippen LogP contribution is -2.46. The van der Waals surface area contributed by atoms with E-state index in [9.17, 15) is 0 Å². The maximum Gasteiger partial charge on any atom is 0.174 e. The van der Waals surface area contributed by atoms with Crippen molar-refractivity contribution in [2.75, 3.05) is 47.3 Å². The predicted molar refractivity (Wildman–Crippen MR) is 82.4 cm³/mol. The molecule has 0 atom stereocenters. The van der Waals surface area contributed by atoms with Crippen LogP contribution in [0.25, 0.3) is 0 Å². The zero-order valence-electron chi connectivity index (χ0n) is 11.5. The molecule has 0 aromatic heterocycles. The summed E-state index contributed by atoms with van der Waals surface area (Å²) in [6, 6.07) is 0. The molecule has 0 aliphatic heterocycles. The molecule has 0 spiro atoms. The van der Waals surface area contributed by atoms with Gasteiger partial charge in [0.05, 0.1) is 0 Å². The third-order valence-corrected chi connectivity index (χ3v) is 3.49. The number of nitrogens with one attached hydrogen (secondary N) is 1. The first kappa shape index (κ1) is 16.5. The van der Waals surface area contributed by atoms with Crippen LogP contribution < -0.4 is 5.32 Å². The van der Waals surface area contributed by atoms with E-state index < -0.39 is 0 Å². The average Bonchev–Trinajstić information content (AvgIpc) is 2.29. The van der Waals surface area contributed by atoms with Gasteiger partial charge in [0.15, 0.2) is 10.2 Å². The first-order chi connectivity index (χ1) is 7.92. The Hall–Kier alpha value is -0.460. The number of hydrogen-bond acceptors (Lipinski definition) is 3. The van der Waals surface area contributed by atoms with Crippen molar-refractivity contribution in [3.8, 4) is 0 Å². The zero-order valence-corrected chi connectivity index (χ0v) is 13.1. The molecule has 0 aliphatic carbocycles. The molecule has 0 rings (SSSR count). The summed E-state index contributed by atoms with van der Waals surface area (Å²) < 4.78 is 0. The van der Waals surface area contributed by atoms with Crippen molar-refractivity contribution in [2.45, 2.75) is 13.8 Å². The second kappa shape index (κ2) is 8.60. The van der Waals surface area contributed by atoms with Crippen LogP contribution in [-0.2, 0) is 0 Å². The standard InChI is InChI=1S/C11H24N4S2/c1-6-15(7-2)9-8-14(5)11(17)12-10(16)13(3)4/h6-9H2,1-5H3,(H,12,16,17). The first-order valence-electron chi connectivity index (χ1n) is 5.88. The van der Waals surface area contributed by atoms with Crippen molar-refractivity contribution < 1.29 is 0 Å². The van der Waals surface area contributed by atoms with Crippen LogP contribution >= 0.6 is 24.4 Å². The molecule has 100 valence electrons. The summed E-state index contributed by atoms with van der Waals surface area (Å²) >= 11 is 10.4. The third kappa shape index (κ3) is 6.75.